The standard InChI is InChI=1S/C19H24N2O3/c20-9-14-1-3-16(4-2-14)13-24-18-7-5-15(6-8-18)10-21-11-17(12-21)19(22)23/h5-8,14,16-17H,1-4,10-13H2,(H,22,23). The highest BCUT2D eigenvalue weighted by Crippen LogP contribution is 2.29. The number of carboxylic acid groups (broad SMARTS) is 1. The van der Waals surface area contributed by atoms with E-state index in [0.717, 1.165) is 44.6 Å². The van der Waals surface area contributed by atoms with Crippen molar-refractivity contribution in [2.45, 2.75) is 32.2 Å². The number of nitriles is 1. The molecule has 0 aromatic heterocycles. The van der Waals surface area contributed by atoms with Gasteiger partial charge in [0.1, 0.15) is 5.75 Å². The van der Waals surface area contributed by atoms with Crippen LogP contribution in [0.15, 0.2) is 24.3 Å². The molecule has 1 saturated carbocycles. The maximum absolute atomic E-state index is 10.8. The first-order valence-corrected chi connectivity index (χ1v) is 8.70. The Morgan fingerprint density at radius 3 is 2.46 bits per heavy atom. The lowest BCUT2D eigenvalue weighted by Crippen LogP contribution is -2.49. The van der Waals surface area contributed by atoms with Crippen LogP contribution in [0.3, 0.4) is 0 Å². The van der Waals surface area contributed by atoms with Gasteiger partial charge in [-0.2, -0.15) is 5.26 Å². The van der Waals surface area contributed by atoms with E-state index in [1.807, 2.05) is 12.1 Å². The molecule has 0 atom stereocenters. The largest absolute Gasteiger partial charge is 0.493 e. The molecular weight excluding hydrogens is 304 g/mol. The predicted octanol–water partition coefficient (Wildman–Crippen LogP) is 2.91. The second-order valence-corrected chi connectivity index (χ2v) is 7.03. The van der Waals surface area contributed by atoms with Gasteiger partial charge in [0.05, 0.1) is 18.6 Å². The normalized spacial score (nSPS) is 24.8. The zero-order chi connectivity index (χ0) is 16.9. The van der Waals surface area contributed by atoms with Gasteiger partial charge < -0.3 is 9.84 Å². The van der Waals surface area contributed by atoms with Crippen LogP contribution < -0.4 is 4.74 Å². The van der Waals surface area contributed by atoms with Gasteiger partial charge in [-0.15, -0.1) is 0 Å². The minimum Gasteiger partial charge on any atom is -0.493 e. The van der Waals surface area contributed by atoms with Crippen LogP contribution in [0.4, 0.5) is 0 Å². The van der Waals surface area contributed by atoms with Crippen molar-refractivity contribution in [2.24, 2.45) is 17.8 Å². The van der Waals surface area contributed by atoms with Crippen molar-refractivity contribution in [3.63, 3.8) is 0 Å². The number of benzene rings is 1. The summed E-state index contributed by atoms with van der Waals surface area (Å²) in [6, 6.07) is 10.4. The van der Waals surface area contributed by atoms with E-state index in [4.69, 9.17) is 15.1 Å². The average molecular weight is 328 g/mol. The number of ether oxygens (including phenoxy) is 1. The first-order valence-electron chi connectivity index (χ1n) is 8.70. The van der Waals surface area contributed by atoms with Gasteiger partial charge in [-0.05, 0) is 49.3 Å². The Morgan fingerprint density at radius 1 is 1.21 bits per heavy atom. The van der Waals surface area contributed by atoms with E-state index in [1.165, 1.54) is 5.56 Å². The third kappa shape index (κ3) is 4.27. The third-order valence-corrected chi connectivity index (χ3v) is 5.15. The second kappa shape index (κ2) is 7.67. The number of rotatable bonds is 6. The van der Waals surface area contributed by atoms with E-state index in [9.17, 15) is 4.79 Å². The van der Waals surface area contributed by atoms with Crippen molar-refractivity contribution in [1.29, 1.82) is 5.26 Å². The molecule has 0 radical (unpaired) electrons. The highest BCUT2D eigenvalue weighted by atomic mass is 16.5. The first kappa shape index (κ1) is 16.8. The molecule has 2 aliphatic rings. The van der Waals surface area contributed by atoms with E-state index in [-0.39, 0.29) is 11.8 Å². The molecule has 1 saturated heterocycles. The molecule has 0 unspecified atom stereocenters. The summed E-state index contributed by atoms with van der Waals surface area (Å²) >= 11 is 0. The number of hydrogen-bond donors (Lipinski definition) is 1. The smallest absolute Gasteiger partial charge is 0.309 e. The Balaban J connectivity index is 1.39. The molecular formula is C19H24N2O3. The SMILES string of the molecule is N#CC1CCC(COc2ccc(CN3CC(C(=O)O)C3)cc2)CC1. The van der Waals surface area contributed by atoms with Crippen LogP contribution in [-0.4, -0.2) is 35.7 Å². The molecule has 1 aromatic rings. The number of carboxylic acids is 1. The molecule has 1 aliphatic heterocycles. The monoisotopic (exact) mass is 328 g/mol. The lowest BCUT2D eigenvalue weighted by molar-refractivity contribution is -0.147. The van der Waals surface area contributed by atoms with E-state index in [0.29, 0.717) is 19.0 Å². The van der Waals surface area contributed by atoms with Gasteiger partial charge in [0.25, 0.3) is 0 Å². The summed E-state index contributed by atoms with van der Waals surface area (Å²) < 4.78 is 5.89. The molecule has 1 heterocycles. The molecule has 24 heavy (non-hydrogen) atoms. The Bertz CT molecular complexity index is 594. The summed E-state index contributed by atoms with van der Waals surface area (Å²) in [5, 5.41) is 17.8. The van der Waals surface area contributed by atoms with Crippen molar-refractivity contribution < 1.29 is 14.6 Å². The van der Waals surface area contributed by atoms with Gasteiger partial charge in [0, 0.05) is 25.6 Å². The van der Waals surface area contributed by atoms with Crippen LogP contribution in [0.25, 0.3) is 0 Å². The summed E-state index contributed by atoms with van der Waals surface area (Å²) in [6.45, 7) is 2.80. The lowest BCUT2D eigenvalue weighted by Gasteiger charge is -2.36. The highest BCUT2D eigenvalue weighted by molar-refractivity contribution is 5.71. The summed E-state index contributed by atoms with van der Waals surface area (Å²) in [7, 11) is 0. The number of carbonyl (C=O) groups is 1. The Morgan fingerprint density at radius 2 is 1.88 bits per heavy atom. The van der Waals surface area contributed by atoms with Crippen molar-refractivity contribution in [3.8, 4) is 11.8 Å². The van der Waals surface area contributed by atoms with Gasteiger partial charge in [0.2, 0.25) is 0 Å². The summed E-state index contributed by atoms with van der Waals surface area (Å²) in [5.41, 5.74) is 1.18. The zero-order valence-electron chi connectivity index (χ0n) is 13.9. The molecule has 0 bridgehead atoms. The maximum atomic E-state index is 10.8. The highest BCUT2D eigenvalue weighted by Gasteiger charge is 2.32. The minimum absolute atomic E-state index is 0.205. The number of nitrogens with zero attached hydrogens (tertiary/aromatic N) is 2. The summed E-state index contributed by atoms with van der Waals surface area (Å²) in [4.78, 5) is 12.9. The van der Waals surface area contributed by atoms with Crippen LogP contribution in [0, 0.1) is 29.1 Å². The minimum atomic E-state index is -0.696. The second-order valence-electron chi connectivity index (χ2n) is 7.03. The lowest BCUT2D eigenvalue weighted by atomic mass is 9.83. The number of aliphatic carboxylic acids is 1. The van der Waals surface area contributed by atoms with Crippen LogP contribution in [0.1, 0.15) is 31.2 Å². The van der Waals surface area contributed by atoms with Crippen molar-refractivity contribution in [2.75, 3.05) is 19.7 Å². The fraction of sp³-hybridized carbons (Fsp3) is 0.579. The van der Waals surface area contributed by atoms with Gasteiger partial charge >= 0.3 is 5.97 Å². The molecule has 1 N–H and O–H groups in total. The molecule has 0 amide bonds. The molecule has 1 aromatic carbocycles. The molecule has 128 valence electrons. The third-order valence-electron chi connectivity index (χ3n) is 5.15. The molecule has 2 fully saturated rings. The van der Waals surface area contributed by atoms with Crippen LogP contribution in [0.2, 0.25) is 0 Å². The fourth-order valence-corrected chi connectivity index (χ4v) is 3.48. The van der Waals surface area contributed by atoms with Crippen molar-refractivity contribution >= 4 is 5.97 Å². The van der Waals surface area contributed by atoms with Crippen LogP contribution in [0.5, 0.6) is 5.75 Å². The average Bonchev–Trinajstić information content (AvgIpc) is 2.57. The summed E-state index contributed by atoms with van der Waals surface area (Å²) in [6.07, 6.45) is 4.15. The van der Waals surface area contributed by atoms with Gasteiger partial charge in [0.15, 0.2) is 0 Å². The maximum Gasteiger partial charge on any atom is 0.309 e. The molecule has 3 rings (SSSR count). The Hall–Kier alpha value is -2.06. The topological polar surface area (TPSA) is 73.6 Å². The van der Waals surface area contributed by atoms with E-state index in [1.54, 1.807) is 0 Å². The van der Waals surface area contributed by atoms with Crippen molar-refractivity contribution in [1.82, 2.24) is 4.90 Å². The molecule has 1 aliphatic carbocycles. The Labute approximate surface area is 142 Å². The van der Waals surface area contributed by atoms with Crippen LogP contribution >= 0.6 is 0 Å². The molecule has 0 spiro atoms. The zero-order valence-corrected chi connectivity index (χ0v) is 13.9. The van der Waals surface area contributed by atoms with Gasteiger partial charge in [-0.1, -0.05) is 12.1 Å². The molecule has 5 heteroatoms. The van der Waals surface area contributed by atoms with Gasteiger partial charge in [-0.25, -0.2) is 0 Å². The Kier molecular flexibility index (Phi) is 5.37. The van der Waals surface area contributed by atoms with Crippen molar-refractivity contribution in [3.05, 3.63) is 29.8 Å². The first-order chi connectivity index (χ1) is 11.6. The summed E-state index contributed by atoms with van der Waals surface area (Å²) in [5.74, 6) is 0.779. The number of hydrogen-bond acceptors (Lipinski definition) is 4. The quantitative estimate of drug-likeness (QED) is 0.869. The van der Waals surface area contributed by atoms with Crippen LogP contribution in [-0.2, 0) is 11.3 Å². The van der Waals surface area contributed by atoms with Gasteiger partial charge in [-0.3, -0.25) is 9.69 Å². The fourth-order valence-electron chi connectivity index (χ4n) is 3.48. The van der Waals surface area contributed by atoms with E-state index >= 15 is 0 Å². The number of likely N-dealkylation sites (tertiary alicyclic amines) is 1. The van der Waals surface area contributed by atoms with E-state index in [2.05, 4.69) is 23.1 Å². The van der Waals surface area contributed by atoms with E-state index < -0.39 is 5.97 Å². The predicted molar refractivity (Wildman–Crippen MR) is 89.4 cm³/mol. The molecule has 5 nitrogen and oxygen atoms in total.